The van der Waals surface area contributed by atoms with Gasteiger partial charge in [-0.15, -0.1) is 0 Å². The van der Waals surface area contributed by atoms with Crippen molar-refractivity contribution in [3.05, 3.63) is 34.9 Å². The summed E-state index contributed by atoms with van der Waals surface area (Å²) in [6.07, 6.45) is 0.00565. The lowest BCUT2D eigenvalue weighted by Gasteiger charge is -2.14. The van der Waals surface area contributed by atoms with E-state index in [0.717, 1.165) is 16.7 Å². The first-order chi connectivity index (χ1) is 9.79. The van der Waals surface area contributed by atoms with Crippen LogP contribution >= 0.6 is 0 Å². The zero-order chi connectivity index (χ0) is 16.0. The smallest absolute Gasteiger partial charge is 0.326 e. The molecular formula is C15H20N2O4. The monoisotopic (exact) mass is 292 g/mol. The number of nitrogens with two attached hydrogens (primary N) is 1. The van der Waals surface area contributed by atoms with Crippen LogP contribution in [0.25, 0.3) is 0 Å². The highest BCUT2D eigenvalue weighted by Crippen LogP contribution is 2.10. The van der Waals surface area contributed by atoms with Crippen LogP contribution in [0.1, 0.15) is 29.5 Å². The molecule has 0 heterocycles. The second-order valence-corrected chi connectivity index (χ2v) is 5.06. The second-order valence-electron chi connectivity index (χ2n) is 5.06. The Morgan fingerprint density at radius 1 is 1.24 bits per heavy atom. The summed E-state index contributed by atoms with van der Waals surface area (Å²) in [6, 6.07) is 4.55. The highest BCUT2D eigenvalue weighted by molar-refractivity contribution is 5.85. The van der Waals surface area contributed by atoms with E-state index in [1.165, 1.54) is 0 Å². The van der Waals surface area contributed by atoms with Crippen LogP contribution in [0.3, 0.4) is 0 Å². The molecule has 114 valence electrons. The van der Waals surface area contributed by atoms with Crippen molar-refractivity contribution in [3.63, 3.8) is 0 Å². The summed E-state index contributed by atoms with van der Waals surface area (Å²) in [6.45, 7) is 3.92. The average molecular weight is 292 g/mol. The number of carbonyl (C=O) groups excluding carboxylic acids is 2. The van der Waals surface area contributed by atoms with Gasteiger partial charge in [0, 0.05) is 6.42 Å². The van der Waals surface area contributed by atoms with Crippen molar-refractivity contribution in [2.45, 2.75) is 39.2 Å². The van der Waals surface area contributed by atoms with Gasteiger partial charge in [0.05, 0.1) is 6.42 Å². The zero-order valence-corrected chi connectivity index (χ0v) is 12.2. The molecule has 1 rings (SSSR count). The lowest BCUT2D eigenvalue weighted by atomic mass is 10.0. The fourth-order valence-electron chi connectivity index (χ4n) is 1.89. The van der Waals surface area contributed by atoms with Gasteiger partial charge in [-0.3, -0.25) is 9.59 Å². The summed E-state index contributed by atoms with van der Waals surface area (Å²) in [5, 5.41) is 11.4. The molecule has 0 fully saturated rings. The summed E-state index contributed by atoms with van der Waals surface area (Å²) < 4.78 is 0. The van der Waals surface area contributed by atoms with Crippen LogP contribution in [0.2, 0.25) is 0 Å². The number of primary amides is 1. The third-order valence-electron chi connectivity index (χ3n) is 3.25. The number of aryl methyl sites for hydroxylation is 2. The third kappa shape index (κ3) is 5.64. The molecule has 1 aromatic carbocycles. The van der Waals surface area contributed by atoms with Crippen molar-refractivity contribution in [2.75, 3.05) is 0 Å². The summed E-state index contributed by atoms with van der Waals surface area (Å²) in [5.74, 6) is -2.16. The number of aliphatic carboxylic acids is 1. The van der Waals surface area contributed by atoms with Crippen molar-refractivity contribution in [3.8, 4) is 0 Å². The van der Waals surface area contributed by atoms with Crippen LogP contribution in [0.15, 0.2) is 18.2 Å². The van der Waals surface area contributed by atoms with E-state index in [0.29, 0.717) is 0 Å². The Labute approximate surface area is 123 Å². The van der Waals surface area contributed by atoms with Crippen LogP contribution in [0.4, 0.5) is 0 Å². The van der Waals surface area contributed by atoms with E-state index in [-0.39, 0.29) is 19.3 Å². The Morgan fingerprint density at radius 2 is 1.90 bits per heavy atom. The van der Waals surface area contributed by atoms with Crippen LogP contribution in [-0.4, -0.2) is 28.9 Å². The molecule has 4 N–H and O–H groups in total. The van der Waals surface area contributed by atoms with E-state index < -0.39 is 23.8 Å². The SMILES string of the molecule is Cc1ccc(CC(=O)N[C@@H](CCC(N)=O)C(=O)O)cc1C. The Hall–Kier alpha value is -2.37. The maximum absolute atomic E-state index is 11.9. The topological polar surface area (TPSA) is 109 Å². The van der Waals surface area contributed by atoms with E-state index in [1.807, 2.05) is 32.0 Å². The van der Waals surface area contributed by atoms with E-state index in [4.69, 9.17) is 10.8 Å². The number of nitrogens with one attached hydrogen (secondary N) is 1. The van der Waals surface area contributed by atoms with Crippen molar-refractivity contribution < 1.29 is 19.5 Å². The Morgan fingerprint density at radius 3 is 2.43 bits per heavy atom. The van der Waals surface area contributed by atoms with Gasteiger partial charge in [-0.1, -0.05) is 18.2 Å². The number of hydrogen-bond donors (Lipinski definition) is 3. The molecule has 0 saturated carbocycles. The maximum atomic E-state index is 11.9. The first-order valence-corrected chi connectivity index (χ1v) is 6.66. The lowest BCUT2D eigenvalue weighted by molar-refractivity contribution is -0.142. The fraction of sp³-hybridized carbons (Fsp3) is 0.400. The molecule has 0 aliphatic rings. The van der Waals surface area contributed by atoms with Gasteiger partial charge in [-0.25, -0.2) is 4.79 Å². The molecule has 21 heavy (non-hydrogen) atoms. The molecule has 0 aromatic heterocycles. The van der Waals surface area contributed by atoms with Gasteiger partial charge in [0.15, 0.2) is 0 Å². The van der Waals surface area contributed by atoms with Gasteiger partial charge < -0.3 is 16.2 Å². The largest absolute Gasteiger partial charge is 0.480 e. The minimum atomic E-state index is -1.18. The molecule has 0 aliphatic carbocycles. The minimum absolute atomic E-state index is 0.0106. The quantitative estimate of drug-likeness (QED) is 0.686. The van der Waals surface area contributed by atoms with Gasteiger partial charge in [0.2, 0.25) is 11.8 Å². The molecule has 0 unspecified atom stereocenters. The van der Waals surface area contributed by atoms with E-state index >= 15 is 0 Å². The molecule has 0 radical (unpaired) electrons. The number of amides is 2. The first kappa shape index (κ1) is 16.7. The number of hydrogen-bond acceptors (Lipinski definition) is 3. The first-order valence-electron chi connectivity index (χ1n) is 6.66. The van der Waals surface area contributed by atoms with Gasteiger partial charge in [0.25, 0.3) is 0 Å². The molecule has 0 saturated heterocycles. The third-order valence-corrected chi connectivity index (χ3v) is 3.25. The van der Waals surface area contributed by atoms with E-state index in [2.05, 4.69) is 5.32 Å². The number of carboxylic acid groups (broad SMARTS) is 1. The van der Waals surface area contributed by atoms with Crippen LogP contribution in [0, 0.1) is 13.8 Å². The van der Waals surface area contributed by atoms with Crippen molar-refractivity contribution in [2.24, 2.45) is 5.73 Å². The molecular weight excluding hydrogens is 272 g/mol. The second kappa shape index (κ2) is 7.42. The van der Waals surface area contributed by atoms with E-state index in [9.17, 15) is 14.4 Å². The Balaban J connectivity index is 2.62. The Bertz CT molecular complexity index is 555. The predicted octanol–water partition coefficient (Wildman–Crippen LogP) is 0.681. The van der Waals surface area contributed by atoms with Gasteiger partial charge >= 0.3 is 5.97 Å². The van der Waals surface area contributed by atoms with Crippen LogP contribution < -0.4 is 11.1 Å². The van der Waals surface area contributed by atoms with Gasteiger partial charge in [0.1, 0.15) is 6.04 Å². The van der Waals surface area contributed by atoms with Crippen molar-refractivity contribution in [1.82, 2.24) is 5.32 Å². The highest BCUT2D eigenvalue weighted by Gasteiger charge is 2.20. The predicted molar refractivity (Wildman–Crippen MR) is 77.6 cm³/mol. The molecule has 2 amide bonds. The molecule has 1 atom stereocenters. The molecule has 6 heteroatoms. The summed E-state index contributed by atoms with van der Waals surface area (Å²) in [7, 11) is 0. The summed E-state index contributed by atoms with van der Waals surface area (Å²) in [5.41, 5.74) is 8.00. The zero-order valence-electron chi connectivity index (χ0n) is 12.2. The number of carboxylic acids is 1. The van der Waals surface area contributed by atoms with Gasteiger partial charge in [-0.05, 0) is 37.0 Å². The fourth-order valence-corrected chi connectivity index (χ4v) is 1.89. The lowest BCUT2D eigenvalue weighted by Crippen LogP contribution is -2.42. The highest BCUT2D eigenvalue weighted by atomic mass is 16.4. The Kier molecular flexibility index (Phi) is 5.90. The molecule has 6 nitrogen and oxygen atoms in total. The van der Waals surface area contributed by atoms with E-state index in [1.54, 1.807) is 0 Å². The number of rotatable bonds is 7. The van der Waals surface area contributed by atoms with Crippen molar-refractivity contribution >= 4 is 17.8 Å². The molecule has 1 aromatic rings. The molecule has 0 spiro atoms. The molecule has 0 aliphatic heterocycles. The van der Waals surface area contributed by atoms with Crippen LogP contribution in [-0.2, 0) is 20.8 Å². The molecule has 0 bridgehead atoms. The average Bonchev–Trinajstić information content (AvgIpc) is 2.38. The normalized spacial score (nSPS) is 11.7. The standard InChI is InChI=1S/C15H20N2O4/c1-9-3-4-11(7-10(9)2)8-14(19)17-12(15(20)21)5-6-13(16)18/h3-4,7,12H,5-6,8H2,1-2H3,(H2,16,18)(H,17,19)(H,20,21)/t12-/m0/s1. The van der Waals surface area contributed by atoms with Crippen molar-refractivity contribution in [1.29, 1.82) is 0 Å². The number of benzene rings is 1. The number of carbonyl (C=O) groups is 3. The summed E-state index contributed by atoms with van der Waals surface area (Å²) in [4.78, 5) is 33.6. The van der Waals surface area contributed by atoms with Crippen LogP contribution in [0.5, 0.6) is 0 Å². The minimum Gasteiger partial charge on any atom is -0.480 e. The van der Waals surface area contributed by atoms with Gasteiger partial charge in [-0.2, -0.15) is 0 Å². The summed E-state index contributed by atoms with van der Waals surface area (Å²) >= 11 is 0. The maximum Gasteiger partial charge on any atom is 0.326 e.